The number of carbonyl (C=O) groups is 1. The lowest BCUT2D eigenvalue weighted by Gasteiger charge is -2.25. The normalized spacial score (nSPS) is 15.3. The molecule has 9 nitrogen and oxygen atoms in total. The van der Waals surface area contributed by atoms with Crippen molar-refractivity contribution in [1.82, 2.24) is 24.4 Å². The highest BCUT2D eigenvalue weighted by Crippen LogP contribution is 2.41. The van der Waals surface area contributed by atoms with Gasteiger partial charge in [-0.1, -0.05) is 31.2 Å². The molecular weight excluding hydrogens is 547 g/mol. The summed E-state index contributed by atoms with van der Waals surface area (Å²) >= 11 is 0. The number of benzene rings is 2. The number of halogens is 1. The average molecular weight is 579 g/mol. The molecule has 4 heterocycles. The lowest BCUT2D eigenvalue weighted by molar-refractivity contribution is -0.130. The lowest BCUT2D eigenvalue weighted by Crippen LogP contribution is -2.34. The molecule has 5 aromatic rings. The van der Waals surface area contributed by atoms with Gasteiger partial charge in [0, 0.05) is 47.9 Å². The molecular formula is C33H31FN6O3. The number of aliphatic hydroxyl groups is 1. The van der Waals surface area contributed by atoms with Gasteiger partial charge in [0.2, 0.25) is 11.9 Å². The summed E-state index contributed by atoms with van der Waals surface area (Å²) in [6, 6.07) is 12.4. The summed E-state index contributed by atoms with van der Waals surface area (Å²) in [7, 11) is 0. The molecule has 0 spiro atoms. The van der Waals surface area contributed by atoms with Crippen molar-refractivity contribution >= 4 is 39.2 Å². The number of nitrogens with two attached hydrogens (primary N) is 1. The van der Waals surface area contributed by atoms with Crippen LogP contribution in [0.3, 0.4) is 0 Å². The van der Waals surface area contributed by atoms with E-state index in [1.165, 1.54) is 10.6 Å². The van der Waals surface area contributed by atoms with Gasteiger partial charge in [0.25, 0.3) is 5.56 Å². The minimum atomic E-state index is -0.537. The van der Waals surface area contributed by atoms with Crippen LogP contribution in [0.1, 0.15) is 55.3 Å². The fourth-order valence-electron chi connectivity index (χ4n) is 6.15. The van der Waals surface area contributed by atoms with Crippen LogP contribution in [-0.2, 0) is 11.4 Å². The Bertz CT molecular complexity index is 2020. The monoisotopic (exact) mass is 578 g/mol. The molecule has 2 aliphatic rings. The van der Waals surface area contributed by atoms with Crippen molar-refractivity contribution < 1.29 is 14.3 Å². The third-order valence-electron chi connectivity index (χ3n) is 8.57. The first-order valence-corrected chi connectivity index (χ1v) is 14.6. The number of amides is 1. The summed E-state index contributed by atoms with van der Waals surface area (Å²) in [5.74, 6) is 0.00345. The van der Waals surface area contributed by atoms with E-state index < -0.39 is 18.0 Å². The molecule has 0 radical (unpaired) electrons. The Balaban J connectivity index is 1.33. The molecule has 0 atom stereocenters. The molecule has 1 fully saturated rings. The molecule has 218 valence electrons. The van der Waals surface area contributed by atoms with E-state index in [0.29, 0.717) is 70.8 Å². The van der Waals surface area contributed by atoms with E-state index in [1.54, 1.807) is 24.4 Å². The van der Waals surface area contributed by atoms with Crippen LogP contribution in [0.25, 0.3) is 44.3 Å². The molecule has 0 bridgehead atoms. The summed E-state index contributed by atoms with van der Waals surface area (Å²) < 4.78 is 16.6. The number of hydrogen-bond acceptors (Lipinski definition) is 6. The van der Waals surface area contributed by atoms with Gasteiger partial charge >= 0.3 is 0 Å². The summed E-state index contributed by atoms with van der Waals surface area (Å²) in [6.45, 7) is 2.64. The highest BCUT2D eigenvalue weighted by atomic mass is 19.1. The number of nitrogens with zero attached hydrogens (tertiary/aromatic N) is 4. The Labute approximate surface area is 246 Å². The first-order chi connectivity index (χ1) is 20.9. The second-order valence-electron chi connectivity index (χ2n) is 11.2. The number of aromatic amines is 1. The molecule has 3 aromatic heterocycles. The Morgan fingerprint density at radius 3 is 2.74 bits per heavy atom. The van der Waals surface area contributed by atoms with Gasteiger partial charge in [-0.05, 0) is 66.0 Å². The van der Waals surface area contributed by atoms with Gasteiger partial charge in [0.05, 0.1) is 23.4 Å². The van der Waals surface area contributed by atoms with Crippen LogP contribution in [0.15, 0.2) is 59.5 Å². The molecule has 4 N–H and O–H groups in total. The van der Waals surface area contributed by atoms with E-state index in [4.69, 9.17) is 5.73 Å². The number of carbonyl (C=O) groups excluding carboxylic acids is 1. The van der Waals surface area contributed by atoms with Gasteiger partial charge < -0.3 is 20.7 Å². The van der Waals surface area contributed by atoms with Gasteiger partial charge in [-0.15, -0.1) is 0 Å². The third-order valence-corrected chi connectivity index (χ3v) is 8.57. The van der Waals surface area contributed by atoms with Crippen LogP contribution in [0.5, 0.6) is 0 Å². The van der Waals surface area contributed by atoms with E-state index in [2.05, 4.69) is 15.0 Å². The van der Waals surface area contributed by atoms with E-state index in [9.17, 15) is 14.7 Å². The second-order valence-corrected chi connectivity index (χ2v) is 11.2. The maximum atomic E-state index is 15.3. The van der Waals surface area contributed by atoms with Gasteiger partial charge in [-0.2, -0.15) is 4.98 Å². The largest absolute Gasteiger partial charge is 0.392 e. The topological polar surface area (TPSA) is 130 Å². The van der Waals surface area contributed by atoms with Crippen LogP contribution >= 0.6 is 0 Å². The molecule has 10 heteroatoms. The summed E-state index contributed by atoms with van der Waals surface area (Å²) in [4.78, 5) is 39.9. The Morgan fingerprint density at radius 2 is 2.02 bits per heavy atom. The fourth-order valence-corrected chi connectivity index (χ4v) is 6.15. The zero-order valence-corrected chi connectivity index (χ0v) is 23.7. The van der Waals surface area contributed by atoms with Crippen molar-refractivity contribution in [2.75, 3.05) is 18.8 Å². The van der Waals surface area contributed by atoms with Gasteiger partial charge in [-0.25, -0.2) is 9.37 Å². The van der Waals surface area contributed by atoms with E-state index in [1.807, 2.05) is 36.1 Å². The fraction of sp³-hybridized carbons (Fsp3) is 0.273. The summed E-state index contributed by atoms with van der Waals surface area (Å²) in [6.07, 6.45) is 6.90. The van der Waals surface area contributed by atoms with E-state index >= 15 is 4.39 Å². The van der Waals surface area contributed by atoms with Crippen LogP contribution < -0.4 is 11.3 Å². The Morgan fingerprint density at radius 1 is 1.19 bits per heavy atom. The number of nitrogen functional groups attached to an aromatic ring is 1. The number of pyridine rings is 1. The minimum Gasteiger partial charge on any atom is -0.392 e. The Kier molecular flexibility index (Phi) is 6.58. The second kappa shape index (κ2) is 10.5. The highest BCUT2D eigenvalue weighted by molar-refractivity contribution is 5.95. The number of aromatic nitrogens is 4. The zero-order chi connectivity index (χ0) is 29.8. The maximum absolute atomic E-state index is 15.3. The number of H-pyrrole nitrogens is 1. The molecule has 7 rings (SSSR count). The SMILES string of the molecule is CCC(=O)N1CC=C(c2cc3c(-c4cccc(-n5ccc6cc(C7CC7)cc(F)c6c5=O)c4CO)nc(N)nc3[nH]2)CC1. The predicted octanol–water partition coefficient (Wildman–Crippen LogP) is 5.05. The minimum absolute atomic E-state index is 0.0186. The number of rotatable bonds is 6. The predicted molar refractivity (Wildman–Crippen MR) is 164 cm³/mol. The van der Waals surface area contributed by atoms with Crippen LogP contribution in [0.2, 0.25) is 0 Å². The summed E-state index contributed by atoms with van der Waals surface area (Å²) in [5.41, 5.74) is 11.0. The van der Waals surface area contributed by atoms with Gasteiger partial charge in [-0.3, -0.25) is 14.2 Å². The van der Waals surface area contributed by atoms with Crippen molar-refractivity contribution in [3.05, 3.63) is 87.7 Å². The van der Waals surface area contributed by atoms with Crippen molar-refractivity contribution in [2.24, 2.45) is 0 Å². The smallest absolute Gasteiger partial charge is 0.265 e. The van der Waals surface area contributed by atoms with E-state index in [-0.39, 0.29) is 17.2 Å². The number of fused-ring (bicyclic) bond motifs is 2. The Hall–Kier alpha value is -4.83. The molecule has 1 aliphatic heterocycles. The number of anilines is 1. The van der Waals surface area contributed by atoms with Crippen molar-refractivity contribution in [3.8, 4) is 16.9 Å². The van der Waals surface area contributed by atoms with Crippen molar-refractivity contribution in [2.45, 2.75) is 45.1 Å². The molecule has 0 unspecified atom stereocenters. The van der Waals surface area contributed by atoms with Gasteiger partial charge in [0.1, 0.15) is 11.5 Å². The lowest BCUT2D eigenvalue weighted by atomic mass is 9.99. The number of hydrogen-bond donors (Lipinski definition) is 3. The molecule has 1 saturated carbocycles. The molecule has 2 aromatic carbocycles. The first-order valence-electron chi connectivity index (χ1n) is 14.6. The molecule has 1 amide bonds. The quantitative estimate of drug-likeness (QED) is 0.259. The van der Waals surface area contributed by atoms with Crippen molar-refractivity contribution in [1.29, 1.82) is 0 Å². The zero-order valence-electron chi connectivity index (χ0n) is 23.7. The van der Waals surface area contributed by atoms with Gasteiger partial charge in [0.15, 0.2) is 0 Å². The standard InChI is InChI=1S/C33H31FN6O3/c1-2-28(42)39-11-8-19(9-12-39)26-16-23-30(37-33(35)38-31(23)36-26)22-4-3-5-27(24(22)17-41)40-13-10-20-14-21(18-6-7-18)15-25(34)29(20)32(40)43/h3-5,8,10,13-16,18,41H,2,6-7,9,11-12,17H2,1H3,(H3,35,36,37,38). The highest BCUT2D eigenvalue weighted by Gasteiger charge is 2.26. The maximum Gasteiger partial charge on any atom is 0.265 e. The van der Waals surface area contributed by atoms with Crippen LogP contribution in [-0.4, -0.2) is 48.5 Å². The third kappa shape index (κ3) is 4.67. The van der Waals surface area contributed by atoms with Crippen LogP contribution in [0.4, 0.5) is 10.3 Å². The molecule has 0 saturated heterocycles. The summed E-state index contributed by atoms with van der Waals surface area (Å²) in [5, 5.41) is 11.9. The number of aliphatic hydroxyl groups excluding tert-OH is 1. The van der Waals surface area contributed by atoms with E-state index in [0.717, 1.165) is 29.7 Å². The number of nitrogens with one attached hydrogen (secondary N) is 1. The molecule has 43 heavy (non-hydrogen) atoms. The first kappa shape index (κ1) is 27.0. The van der Waals surface area contributed by atoms with Crippen LogP contribution in [0, 0.1) is 5.82 Å². The van der Waals surface area contributed by atoms with Crippen molar-refractivity contribution in [3.63, 3.8) is 0 Å². The molecule has 1 aliphatic carbocycles. The average Bonchev–Trinajstić information content (AvgIpc) is 3.79.